The number of alkyl halides is 2. The average Bonchev–Trinajstić information content (AvgIpc) is 3.36. The molecular weight excluding hydrogens is 376 g/mol. The number of likely N-dealkylation sites (tertiary alicyclic amines) is 2. The van der Waals surface area contributed by atoms with Crippen molar-refractivity contribution < 1.29 is 18.3 Å². The van der Waals surface area contributed by atoms with Crippen LogP contribution in [0.15, 0.2) is 30.5 Å². The largest absolute Gasteiger partial charge is 0.490 e. The molecule has 0 spiro atoms. The van der Waals surface area contributed by atoms with Gasteiger partial charge in [-0.05, 0) is 50.3 Å². The van der Waals surface area contributed by atoms with Crippen molar-refractivity contribution >= 4 is 16.8 Å². The summed E-state index contributed by atoms with van der Waals surface area (Å²) in [6.07, 6.45) is 4.43. The first-order chi connectivity index (χ1) is 14.1. The summed E-state index contributed by atoms with van der Waals surface area (Å²) in [6.45, 7) is 2.32. The lowest BCUT2D eigenvalue weighted by molar-refractivity contribution is -0.133. The van der Waals surface area contributed by atoms with Crippen molar-refractivity contribution in [2.75, 3.05) is 19.6 Å². The molecule has 2 aliphatic heterocycles. The van der Waals surface area contributed by atoms with Gasteiger partial charge in [0.25, 0.3) is 6.43 Å². The summed E-state index contributed by atoms with van der Waals surface area (Å²) in [4.78, 5) is 17.1. The fourth-order valence-electron chi connectivity index (χ4n) is 4.86. The number of carbonyl (C=O) groups excluding carboxylic acids is 1. The van der Waals surface area contributed by atoms with Crippen LogP contribution in [0.25, 0.3) is 10.9 Å². The predicted molar refractivity (Wildman–Crippen MR) is 106 cm³/mol. The van der Waals surface area contributed by atoms with Crippen LogP contribution >= 0.6 is 0 Å². The first kappa shape index (κ1) is 18.9. The lowest BCUT2D eigenvalue weighted by Gasteiger charge is -2.35. The molecule has 1 saturated carbocycles. The summed E-state index contributed by atoms with van der Waals surface area (Å²) in [6, 6.07) is 8.03. The molecule has 0 bridgehead atoms. The average molecular weight is 403 g/mol. The zero-order valence-corrected chi connectivity index (χ0v) is 16.5. The zero-order valence-electron chi connectivity index (χ0n) is 16.5. The number of amides is 1. The molecule has 2 aromatic rings. The smallest absolute Gasteiger partial charge is 0.256 e. The molecule has 1 aromatic carbocycles. The highest BCUT2D eigenvalue weighted by molar-refractivity contribution is 5.86. The SMILES string of the molecule is O=C1C(N2CCC(Oc3cccc4c3ccn4CC(F)F)CC2)CCN1C1CC1. The third-order valence-corrected chi connectivity index (χ3v) is 6.52. The van der Waals surface area contributed by atoms with Gasteiger partial charge < -0.3 is 14.2 Å². The van der Waals surface area contributed by atoms with E-state index in [2.05, 4.69) is 9.80 Å². The highest BCUT2D eigenvalue weighted by Crippen LogP contribution is 2.34. The Kier molecular flexibility index (Phi) is 4.94. The normalized spacial score (nSPS) is 24.2. The van der Waals surface area contributed by atoms with E-state index in [-0.39, 0.29) is 18.7 Å². The van der Waals surface area contributed by atoms with Crippen LogP contribution in [0.4, 0.5) is 8.78 Å². The second kappa shape index (κ2) is 7.59. The van der Waals surface area contributed by atoms with Gasteiger partial charge >= 0.3 is 0 Å². The van der Waals surface area contributed by atoms with Gasteiger partial charge in [-0.2, -0.15) is 0 Å². The van der Waals surface area contributed by atoms with Crippen molar-refractivity contribution in [1.29, 1.82) is 0 Å². The fourth-order valence-corrected chi connectivity index (χ4v) is 4.86. The molecule has 3 aliphatic rings. The van der Waals surface area contributed by atoms with Crippen LogP contribution in [0.2, 0.25) is 0 Å². The second-order valence-corrected chi connectivity index (χ2v) is 8.47. The second-order valence-electron chi connectivity index (χ2n) is 8.47. The van der Waals surface area contributed by atoms with E-state index in [1.165, 1.54) is 12.8 Å². The molecule has 1 unspecified atom stereocenters. The van der Waals surface area contributed by atoms with Crippen molar-refractivity contribution in [3.05, 3.63) is 30.5 Å². The van der Waals surface area contributed by atoms with Crippen LogP contribution in [-0.2, 0) is 11.3 Å². The molecule has 1 amide bonds. The Hall–Kier alpha value is -2.15. The van der Waals surface area contributed by atoms with Crippen molar-refractivity contribution in [1.82, 2.24) is 14.4 Å². The zero-order chi connectivity index (χ0) is 20.0. The summed E-state index contributed by atoms with van der Waals surface area (Å²) >= 11 is 0. The van der Waals surface area contributed by atoms with Gasteiger partial charge in [0, 0.05) is 37.3 Å². The molecule has 0 N–H and O–H groups in total. The lowest BCUT2D eigenvalue weighted by Crippen LogP contribution is -2.47. The van der Waals surface area contributed by atoms with Crippen LogP contribution in [0, 0.1) is 0 Å². The molecule has 1 atom stereocenters. The number of piperidine rings is 1. The molecule has 7 heteroatoms. The molecule has 5 rings (SSSR count). The van der Waals surface area contributed by atoms with Gasteiger partial charge in [-0.25, -0.2) is 8.78 Å². The van der Waals surface area contributed by atoms with Crippen LogP contribution in [0.5, 0.6) is 5.75 Å². The molecular formula is C22H27F2N3O2. The standard InChI is InChI=1S/C22H27F2N3O2/c23-21(24)14-26-12-8-17-18(26)2-1-3-20(17)29-16-6-10-25(11-7-16)19-9-13-27(22(19)28)15-4-5-15/h1-3,8,12,15-16,19,21H,4-7,9-11,13-14H2. The van der Waals surface area contributed by atoms with E-state index in [0.29, 0.717) is 11.9 Å². The molecule has 156 valence electrons. The summed E-state index contributed by atoms with van der Waals surface area (Å²) in [5.41, 5.74) is 0.775. The Balaban J connectivity index is 1.21. The van der Waals surface area contributed by atoms with Crippen LogP contribution in [0.3, 0.4) is 0 Å². The van der Waals surface area contributed by atoms with Gasteiger partial charge in [-0.15, -0.1) is 0 Å². The van der Waals surface area contributed by atoms with Gasteiger partial charge in [-0.3, -0.25) is 9.69 Å². The Morgan fingerprint density at radius 3 is 2.55 bits per heavy atom. The predicted octanol–water partition coefficient (Wildman–Crippen LogP) is 3.51. The number of nitrogens with zero attached hydrogens (tertiary/aromatic N) is 3. The van der Waals surface area contributed by atoms with Gasteiger partial charge in [-0.1, -0.05) is 6.07 Å². The monoisotopic (exact) mass is 403 g/mol. The fraction of sp³-hybridized carbons (Fsp3) is 0.591. The first-order valence-corrected chi connectivity index (χ1v) is 10.7. The number of fused-ring (bicyclic) bond motifs is 1. The Bertz CT molecular complexity index is 887. The molecule has 0 radical (unpaired) electrons. The molecule has 2 saturated heterocycles. The number of rotatable bonds is 6. The van der Waals surface area contributed by atoms with E-state index in [4.69, 9.17) is 4.74 Å². The van der Waals surface area contributed by atoms with Crippen LogP contribution in [-0.4, -0.2) is 64.5 Å². The van der Waals surface area contributed by atoms with E-state index in [1.54, 1.807) is 10.8 Å². The molecule has 3 heterocycles. The highest BCUT2D eigenvalue weighted by atomic mass is 19.3. The van der Waals surface area contributed by atoms with Gasteiger partial charge in [0.2, 0.25) is 5.91 Å². The minimum Gasteiger partial charge on any atom is -0.490 e. The third-order valence-electron chi connectivity index (χ3n) is 6.52. The third kappa shape index (κ3) is 3.72. The number of hydrogen-bond donors (Lipinski definition) is 0. The maximum Gasteiger partial charge on any atom is 0.256 e. The molecule has 1 aliphatic carbocycles. The van der Waals surface area contributed by atoms with Crippen molar-refractivity contribution in [3.8, 4) is 5.75 Å². The maximum atomic E-state index is 12.8. The van der Waals surface area contributed by atoms with E-state index in [1.807, 2.05) is 24.3 Å². The van der Waals surface area contributed by atoms with E-state index in [9.17, 15) is 13.6 Å². The number of benzene rings is 1. The van der Waals surface area contributed by atoms with Crippen molar-refractivity contribution in [2.45, 2.75) is 63.3 Å². The van der Waals surface area contributed by atoms with Crippen molar-refractivity contribution in [3.63, 3.8) is 0 Å². The highest BCUT2D eigenvalue weighted by Gasteiger charge is 2.43. The maximum absolute atomic E-state index is 12.8. The Morgan fingerprint density at radius 1 is 1.03 bits per heavy atom. The number of ether oxygens (including phenoxy) is 1. The molecule has 5 nitrogen and oxygen atoms in total. The topological polar surface area (TPSA) is 37.7 Å². The summed E-state index contributed by atoms with van der Waals surface area (Å²) in [5, 5.41) is 0.877. The minimum atomic E-state index is -2.38. The van der Waals surface area contributed by atoms with E-state index < -0.39 is 6.43 Å². The summed E-state index contributed by atoms with van der Waals surface area (Å²) in [7, 11) is 0. The lowest BCUT2D eigenvalue weighted by atomic mass is 10.0. The number of aromatic nitrogens is 1. The summed E-state index contributed by atoms with van der Waals surface area (Å²) < 4.78 is 33.4. The van der Waals surface area contributed by atoms with E-state index in [0.717, 1.165) is 55.5 Å². The van der Waals surface area contributed by atoms with Gasteiger partial charge in [0.1, 0.15) is 11.9 Å². The quantitative estimate of drug-likeness (QED) is 0.741. The molecule has 3 fully saturated rings. The van der Waals surface area contributed by atoms with Crippen molar-refractivity contribution in [2.24, 2.45) is 0 Å². The van der Waals surface area contributed by atoms with Gasteiger partial charge in [0.05, 0.1) is 18.1 Å². The van der Waals surface area contributed by atoms with Crippen LogP contribution < -0.4 is 4.74 Å². The Morgan fingerprint density at radius 2 is 1.83 bits per heavy atom. The first-order valence-electron chi connectivity index (χ1n) is 10.7. The van der Waals surface area contributed by atoms with Gasteiger partial charge in [0.15, 0.2) is 0 Å². The minimum absolute atomic E-state index is 0.0448. The van der Waals surface area contributed by atoms with Crippen LogP contribution in [0.1, 0.15) is 32.1 Å². The van der Waals surface area contributed by atoms with E-state index >= 15 is 0 Å². The summed E-state index contributed by atoms with van der Waals surface area (Å²) in [5.74, 6) is 1.07. The number of carbonyl (C=O) groups is 1. The number of hydrogen-bond acceptors (Lipinski definition) is 3. The molecule has 1 aromatic heterocycles. The molecule has 29 heavy (non-hydrogen) atoms. The Labute approximate surface area is 169 Å². The number of halogens is 2.